The molecule has 0 spiro atoms. The van der Waals surface area contributed by atoms with Crippen molar-refractivity contribution in [3.8, 4) is 0 Å². The number of nitrogens with zero attached hydrogens (tertiary/aromatic N) is 2. The van der Waals surface area contributed by atoms with Crippen molar-refractivity contribution in [2.45, 2.75) is 39.8 Å². The molecule has 1 rings (SSSR count). The van der Waals surface area contributed by atoms with Gasteiger partial charge in [0.05, 0.1) is 0 Å². The lowest BCUT2D eigenvalue weighted by Gasteiger charge is -2.32. The lowest BCUT2D eigenvalue weighted by molar-refractivity contribution is 0.373. The van der Waals surface area contributed by atoms with E-state index in [1.807, 2.05) is 0 Å². The average molecular weight is 312 g/mol. The van der Waals surface area contributed by atoms with Crippen molar-refractivity contribution in [2.75, 3.05) is 38.6 Å². The number of hydrogen-bond donors (Lipinski definition) is 1. The second kappa shape index (κ2) is 8.62. The highest BCUT2D eigenvalue weighted by molar-refractivity contribution is 6.31. The molecule has 21 heavy (non-hydrogen) atoms. The molecule has 0 bridgehead atoms. The van der Waals surface area contributed by atoms with Gasteiger partial charge in [-0.25, -0.2) is 0 Å². The molecular formula is C17H30ClN3. The molecule has 1 aromatic rings. The summed E-state index contributed by atoms with van der Waals surface area (Å²) in [5, 5.41) is 4.25. The molecule has 0 heterocycles. The maximum absolute atomic E-state index is 6.49. The largest absolute Gasteiger partial charge is 0.368 e. The standard InChI is InChI=1S/C17H30ClN3/c1-7-19-14(4)16-10-9-15(11-17(16)18)21(8-2)13(3)12-20(5)6/h9-11,13-14,19H,7-8,12H2,1-6H3. The molecule has 0 aliphatic heterocycles. The second-order valence-electron chi connectivity index (χ2n) is 5.88. The zero-order chi connectivity index (χ0) is 16.0. The number of nitrogens with one attached hydrogen (secondary N) is 1. The van der Waals surface area contributed by atoms with Crippen LogP contribution in [0, 0.1) is 0 Å². The lowest BCUT2D eigenvalue weighted by Crippen LogP contribution is -2.40. The van der Waals surface area contributed by atoms with Gasteiger partial charge in [-0.1, -0.05) is 24.6 Å². The van der Waals surface area contributed by atoms with Crippen molar-refractivity contribution in [3.63, 3.8) is 0 Å². The van der Waals surface area contributed by atoms with Crippen LogP contribution in [-0.2, 0) is 0 Å². The Morgan fingerprint density at radius 3 is 2.33 bits per heavy atom. The summed E-state index contributed by atoms with van der Waals surface area (Å²) in [6, 6.07) is 7.17. The van der Waals surface area contributed by atoms with Crippen molar-refractivity contribution in [3.05, 3.63) is 28.8 Å². The molecule has 2 atom stereocenters. The molecule has 0 fully saturated rings. The van der Waals surface area contributed by atoms with Crippen LogP contribution in [0.4, 0.5) is 5.69 Å². The van der Waals surface area contributed by atoms with Crippen LogP contribution in [0.25, 0.3) is 0 Å². The van der Waals surface area contributed by atoms with Gasteiger partial charge in [0.25, 0.3) is 0 Å². The lowest BCUT2D eigenvalue weighted by atomic mass is 10.1. The van der Waals surface area contributed by atoms with E-state index < -0.39 is 0 Å². The molecule has 0 aromatic heterocycles. The highest BCUT2D eigenvalue weighted by Crippen LogP contribution is 2.28. The summed E-state index contributed by atoms with van der Waals surface area (Å²) in [4.78, 5) is 4.62. The molecule has 0 aliphatic carbocycles. The molecule has 0 saturated heterocycles. The molecule has 120 valence electrons. The highest BCUT2D eigenvalue weighted by atomic mass is 35.5. The average Bonchev–Trinajstić information content (AvgIpc) is 2.38. The molecule has 2 unspecified atom stereocenters. The van der Waals surface area contributed by atoms with Crippen molar-refractivity contribution in [1.82, 2.24) is 10.2 Å². The number of anilines is 1. The first-order chi connectivity index (χ1) is 9.90. The Morgan fingerprint density at radius 1 is 1.19 bits per heavy atom. The fourth-order valence-corrected chi connectivity index (χ4v) is 3.18. The van der Waals surface area contributed by atoms with Gasteiger partial charge in [0, 0.05) is 35.9 Å². The third-order valence-electron chi connectivity index (χ3n) is 3.79. The van der Waals surface area contributed by atoms with Gasteiger partial charge in [-0.15, -0.1) is 0 Å². The first kappa shape index (κ1) is 18.3. The summed E-state index contributed by atoms with van der Waals surface area (Å²) in [5.41, 5.74) is 2.36. The monoisotopic (exact) mass is 311 g/mol. The first-order valence-corrected chi connectivity index (χ1v) is 8.22. The maximum atomic E-state index is 6.49. The van der Waals surface area contributed by atoms with E-state index in [2.05, 4.69) is 75.1 Å². The second-order valence-corrected chi connectivity index (χ2v) is 6.29. The van der Waals surface area contributed by atoms with E-state index in [4.69, 9.17) is 11.6 Å². The van der Waals surface area contributed by atoms with E-state index in [0.717, 1.165) is 24.7 Å². The minimum absolute atomic E-state index is 0.283. The van der Waals surface area contributed by atoms with Crippen LogP contribution in [0.15, 0.2) is 18.2 Å². The number of likely N-dealkylation sites (N-methyl/N-ethyl adjacent to an activating group) is 2. The Hall–Kier alpha value is -0.770. The molecule has 0 amide bonds. The summed E-state index contributed by atoms with van der Waals surface area (Å²) in [6.45, 7) is 11.7. The Labute approximate surface area is 135 Å². The molecule has 0 radical (unpaired) electrons. The van der Waals surface area contributed by atoms with E-state index in [9.17, 15) is 0 Å². The third-order valence-corrected chi connectivity index (χ3v) is 4.12. The van der Waals surface area contributed by atoms with E-state index >= 15 is 0 Å². The van der Waals surface area contributed by atoms with Crippen molar-refractivity contribution in [1.29, 1.82) is 0 Å². The van der Waals surface area contributed by atoms with Crippen LogP contribution in [0.3, 0.4) is 0 Å². The van der Waals surface area contributed by atoms with Gasteiger partial charge < -0.3 is 15.1 Å². The van der Waals surface area contributed by atoms with Crippen LogP contribution in [0.1, 0.15) is 39.3 Å². The summed E-state index contributed by atoms with van der Waals surface area (Å²) < 4.78 is 0. The predicted molar refractivity (Wildman–Crippen MR) is 94.6 cm³/mol. The van der Waals surface area contributed by atoms with Crippen molar-refractivity contribution in [2.24, 2.45) is 0 Å². The molecule has 3 nitrogen and oxygen atoms in total. The maximum Gasteiger partial charge on any atom is 0.0474 e. The van der Waals surface area contributed by atoms with Gasteiger partial charge in [0.15, 0.2) is 0 Å². The number of halogens is 1. The van der Waals surface area contributed by atoms with Crippen LogP contribution in [0.2, 0.25) is 5.02 Å². The van der Waals surface area contributed by atoms with Gasteiger partial charge >= 0.3 is 0 Å². The van der Waals surface area contributed by atoms with Crippen molar-refractivity contribution < 1.29 is 0 Å². The quantitative estimate of drug-likeness (QED) is 0.788. The van der Waals surface area contributed by atoms with Crippen LogP contribution < -0.4 is 10.2 Å². The molecule has 1 N–H and O–H groups in total. The van der Waals surface area contributed by atoms with Crippen LogP contribution in [-0.4, -0.2) is 44.7 Å². The fraction of sp³-hybridized carbons (Fsp3) is 0.647. The molecule has 4 heteroatoms. The normalized spacial score (nSPS) is 14.3. The molecule has 1 aromatic carbocycles. The zero-order valence-electron chi connectivity index (χ0n) is 14.3. The minimum atomic E-state index is 0.283. The SMILES string of the molecule is CCNC(C)c1ccc(N(CC)C(C)CN(C)C)cc1Cl. The highest BCUT2D eigenvalue weighted by Gasteiger charge is 2.16. The third kappa shape index (κ3) is 5.17. The van der Waals surface area contributed by atoms with Gasteiger partial charge in [0.1, 0.15) is 0 Å². The number of hydrogen-bond acceptors (Lipinski definition) is 3. The van der Waals surface area contributed by atoms with E-state index in [-0.39, 0.29) is 6.04 Å². The molecular weight excluding hydrogens is 282 g/mol. The Bertz CT molecular complexity index is 434. The smallest absolute Gasteiger partial charge is 0.0474 e. The van der Waals surface area contributed by atoms with Gasteiger partial charge in [0.2, 0.25) is 0 Å². The summed E-state index contributed by atoms with van der Waals surface area (Å²) >= 11 is 6.49. The Kier molecular flexibility index (Phi) is 7.50. The van der Waals surface area contributed by atoms with Gasteiger partial charge in [-0.05, 0) is 59.1 Å². The minimum Gasteiger partial charge on any atom is -0.368 e. The van der Waals surface area contributed by atoms with E-state index in [0.29, 0.717) is 6.04 Å². The van der Waals surface area contributed by atoms with E-state index in [1.54, 1.807) is 0 Å². The van der Waals surface area contributed by atoms with Crippen LogP contribution in [0.5, 0.6) is 0 Å². The number of benzene rings is 1. The summed E-state index contributed by atoms with van der Waals surface area (Å²) in [5.74, 6) is 0. The topological polar surface area (TPSA) is 18.5 Å². The molecule has 0 saturated carbocycles. The van der Waals surface area contributed by atoms with Crippen LogP contribution >= 0.6 is 11.6 Å². The summed E-state index contributed by atoms with van der Waals surface area (Å²) in [7, 11) is 4.22. The zero-order valence-corrected chi connectivity index (χ0v) is 15.0. The first-order valence-electron chi connectivity index (χ1n) is 7.84. The van der Waals surface area contributed by atoms with Gasteiger partial charge in [-0.3, -0.25) is 0 Å². The van der Waals surface area contributed by atoms with Gasteiger partial charge in [-0.2, -0.15) is 0 Å². The summed E-state index contributed by atoms with van der Waals surface area (Å²) in [6.07, 6.45) is 0. The Morgan fingerprint density at radius 2 is 1.86 bits per heavy atom. The molecule has 0 aliphatic rings. The fourth-order valence-electron chi connectivity index (χ4n) is 2.84. The van der Waals surface area contributed by atoms with E-state index in [1.165, 1.54) is 11.3 Å². The Balaban J connectivity index is 2.94. The van der Waals surface area contributed by atoms with Crippen molar-refractivity contribution >= 4 is 17.3 Å². The number of rotatable bonds is 8. The predicted octanol–water partition coefficient (Wildman–Crippen LogP) is 3.79.